The Morgan fingerprint density at radius 3 is 2.38 bits per heavy atom. The highest BCUT2D eigenvalue weighted by Crippen LogP contribution is 2.14. The summed E-state index contributed by atoms with van der Waals surface area (Å²) in [7, 11) is 0. The summed E-state index contributed by atoms with van der Waals surface area (Å²) in [6, 6.07) is 0.364. The summed E-state index contributed by atoms with van der Waals surface area (Å²) in [6.07, 6.45) is -3.60. The van der Waals surface area contributed by atoms with Crippen molar-refractivity contribution in [2.24, 2.45) is 0 Å². The number of alkyl halides is 3. The summed E-state index contributed by atoms with van der Waals surface area (Å²) in [4.78, 5) is 0. The molecule has 0 spiro atoms. The fourth-order valence-electron chi connectivity index (χ4n) is 0.753. The third-order valence-corrected chi connectivity index (χ3v) is 1.28. The van der Waals surface area contributed by atoms with Crippen molar-refractivity contribution in [1.82, 2.24) is 5.32 Å². The van der Waals surface area contributed by atoms with Gasteiger partial charge in [-0.05, 0) is 13.0 Å². The Kier molecular flexibility index (Phi) is 6.07. The molecule has 0 aromatic heterocycles. The van der Waals surface area contributed by atoms with Crippen LogP contribution in [0.5, 0.6) is 0 Å². The van der Waals surface area contributed by atoms with Crippen molar-refractivity contribution in [3.8, 4) is 0 Å². The van der Waals surface area contributed by atoms with Crippen LogP contribution in [0.1, 0.15) is 20.3 Å². The lowest BCUT2D eigenvalue weighted by Crippen LogP contribution is -2.25. The lowest BCUT2D eigenvalue weighted by Gasteiger charge is -2.09. The molecule has 0 heterocycles. The first-order chi connectivity index (χ1) is 5.92. The summed E-state index contributed by atoms with van der Waals surface area (Å²) < 4.78 is 39.1. The fraction of sp³-hybridized carbons (Fsp3) is 1.00. The smallest absolute Gasteiger partial charge is 0.372 e. The van der Waals surface area contributed by atoms with E-state index in [1.165, 1.54) is 0 Å². The van der Waals surface area contributed by atoms with E-state index in [0.717, 1.165) is 0 Å². The minimum atomic E-state index is -4.20. The van der Waals surface area contributed by atoms with Gasteiger partial charge >= 0.3 is 6.18 Å². The van der Waals surface area contributed by atoms with Crippen molar-refractivity contribution in [2.45, 2.75) is 32.5 Å². The van der Waals surface area contributed by atoms with Crippen LogP contribution in [-0.4, -0.2) is 32.0 Å². The van der Waals surface area contributed by atoms with Crippen LogP contribution < -0.4 is 5.32 Å². The normalized spacial score (nSPS) is 12.5. The van der Waals surface area contributed by atoms with E-state index in [0.29, 0.717) is 19.0 Å². The largest absolute Gasteiger partial charge is 0.411 e. The number of halogens is 3. The molecule has 0 atom stereocenters. The highest BCUT2D eigenvalue weighted by Gasteiger charge is 2.26. The standard InChI is InChI=1S/C8H16F3NO/c1-7(2)12-4-3-5-13-6-8(9,10)11/h7,12H,3-6H2,1-2H3. The molecular formula is C8H16F3NO. The third-order valence-electron chi connectivity index (χ3n) is 1.28. The number of hydrogen-bond acceptors (Lipinski definition) is 2. The number of nitrogens with one attached hydrogen (secondary N) is 1. The molecule has 0 aliphatic carbocycles. The van der Waals surface area contributed by atoms with Gasteiger partial charge in [0, 0.05) is 12.6 Å². The Balaban J connectivity index is 3.09. The summed E-state index contributed by atoms with van der Waals surface area (Å²) in [5, 5.41) is 3.08. The summed E-state index contributed by atoms with van der Waals surface area (Å²) >= 11 is 0. The van der Waals surface area contributed by atoms with Gasteiger partial charge in [0.2, 0.25) is 0 Å². The monoisotopic (exact) mass is 199 g/mol. The van der Waals surface area contributed by atoms with Crippen LogP contribution >= 0.6 is 0 Å². The van der Waals surface area contributed by atoms with Gasteiger partial charge in [-0.25, -0.2) is 0 Å². The topological polar surface area (TPSA) is 21.3 Å². The molecule has 0 amide bonds. The highest BCUT2D eigenvalue weighted by atomic mass is 19.4. The van der Waals surface area contributed by atoms with Crippen molar-refractivity contribution >= 4 is 0 Å². The highest BCUT2D eigenvalue weighted by molar-refractivity contribution is 4.52. The average molecular weight is 199 g/mol. The SMILES string of the molecule is CC(C)NCCCOCC(F)(F)F. The van der Waals surface area contributed by atoms with Gasteiger partial charge in [0.05, 0.1) is 0 Å². The predicted octanol–water partition coefficient (Wildman–Crippen LogP) is 1.95. The van der Waals surface area contributed by atoms with Gasteiger partial charge in [0.1, 0.15) is 6.61 Å². The number of ether oxygens (including phenoxy) is 1. The average Bonchev–Trinajstić information content (AvgIpc) is 1.93. The maximum absolute atomic E-state index is 11.6. The first-order valence-corrected chi connectivity index (χ1v) is 4.29. The zero-order valence-corrected chi connectivity index (χ0v) is 7.95. The molecule has 0 aromatic carbocycles. The molecular weight excluding hydrogens is 183 g/mol. The van der Waals surface area contributed by atoms with Gasteiger partial charge in [-0.15, -0.1) is 0 Å². The van der Waals surface area contributed by atoms with Crippen molar-refractivity contribution < 1.29 is 17.9 Å². The van der Waals surface area contributed by atoms with Crippen LogP contribution in [0.25, 0.3) is 0 Å². The molecule has 0 radical (unpaired) electrons. The Morgan fingerprint density at radius 2 is 1.92 bits per heavy atom. The lowest BCUT2D eigenvalue weighted by molar-refractivity contribution is -0.173. The van der Waals surface area contributed by atoms with Gasteiger partial charge in [-0.1, -0.05) is 13.8 Å². The van der Waals surface area contributed by atoms with Gasteiger partial charge in [0.15, 0.2) is 0 Å². The first-order valence-electron chi connectivity index (χ1n) is 4.29. The van der Waals surface area contributed by atoms with Crippen molar-refractivity contribution in [1.29, 1.82) is 0 Å². The first kappa shape index (κ1) is 12.7. The molecule has 13 heavy (non-hydrogen) atoms. The molecule has 0 saturated heterocycles. The molecule has 0 aromatic rings. The molecule has 0 aliphatic rings. The van der Waals surface area contributed by atoms with Crippen LogP contribution in [0.4, 0.5) is 13.2 Å². The van der Waals surface area contributed by atoms with Gasteiger partial charge < -0.3 is 10.1 Å². The molecule has 0 fully saturated rings. The zero-order chi connectivity index (χ0) is 10.3. The lowest BCUT2D eigenvalue weighted by atomic mass is 10.3. The van der Waals surface area contributed by atoms with Crippen molar-refractivity contribution in [2.75, 3.05) is 19.8 Å². The van der Waals surface area contributed by atoms with E-state index >= 15 is 0 Å². The molecule has 1 N–H and O–H groups in total. The summed E-state index contributed by atoms with van der Waals surface area (Å²) in [6.45, 7) is 3.66. The quantitative estimate of drug-likeness (QED) is 0.660. The Morgan fingerprint density at radius 1 is 1.31 bits per heavy atom. The maximum atomic E-state index is 11.6. The maximum Gasteiger partial charge on any atom is 0.411 e. The Labute approximate surface area is 76.5 Å². The molecule has 0 rings (SSSR count). The Bertz CT molecular complexity index is 125. The fourth-order valence-corrected chi connectivity index (χ4v) is 0.753. The van der Waals surface area contributed by atoms with E-state index in [4.69, 9.17) is 0 Å². The van der Waals surface area contributed by atoms with Crippen LogP contribution in [0.2, 0.25) is 0 Å². The van der Waals surface area contributed by atoms with Crippen molar-refractivity contribution in [3.63, 3.8) is 0 Å². The van der Waals surface area contributed by atoms with Crippen LogP contribution in [0.15, 0.2) is 0 Å². The summed E-state index contributed by atoms with van der Waals surface area (Å²) in [5.41, 5.74) is 0. The summed E-state index contributed by atoms with van der Waals surface area (Å²) in [5.74, 6) is 0. The van der Waals surface area contributed by atoms with Crippen LogP contribution in [-0.2, 0) is 4.74 Å². The second-order valence-electron chi connectivity index (χ2n) is 3.13. The van der Waals surface area contributed by atoms with E-state index in [-0.39, 0.29) is 6.61 Å². The van der Waals surface area contributed by atoms with Gasteiger partial charge in [-0.3, -0.25) is 0 Å². The molecule has 2 nitrogen and oxygen atoms in total. The number of rotatable bonds is 6. The number of hydrogen-bond donors (Lipinski definition) is 1. The molecule has 0 bridgehead atoms. The minimum absolute atomic E-state index is 0.152. The van der Waals surface area contributed by atoms with Crippen molar-refractivity contribution in [3.05, 3.63) is 0 Å². The van der Waals surface area contributed by atoms with Crippen LogP contribution in [0, 0.1) is 0 Å². The van der Waals surface area contributed by atoms with Gasteiger partial charge in [-0.2, -0.15) is 13.2 Å². The van der Waals surface area contributed by atoms with E-state index in [1.807, 2.05) is 13.8 Å². The van der Waals surface area contributed by atoms with E-state index in [2.05, 4.69) is 10.1 Å². The predicted molar refractivity (Wildman–Crippen MR) is 44.6 cm³/mol. The molecule has 0 saturated carbocycles. The molecule has 0 unspecified atom stereocenters. The Hall–Kier alpha value is -0.290. The molecule has 80 valence electrons. The third kappa shape index (κ3) is 11.7. The minimum Gasteiger partial charge on any atom is -0.372 e. The molecule has 5 heteroatoms. The molecule has 0 aliphatic heterocycles. The van der Waals surface area contributed by atoms with Crippen LogP contribution in [0.3, 0.4) is 0 Å². The van der Waals surface area contributed by atoms with E-state index in [9.17, 15) is 13.2 Å². The van der Waals surface area contributed by atoms with E-state index in [1.54, 1.807) is 0 Å². The zero-order valence-electron chi connectivity index (χ0n) is 7.95. The van der Waals surface area contributed by atoms with E-state index < -0.39 is 12.8 Å². The second-order valence-corrected chi connectivity index (χ2v) is 3.13. The van der Waals surface area contributed by atoms with Gasteiger partial charge in [0.25, 0.3) is 0 Å². The second kappa shape index (κ2) is 6.21.